The maximum Gasteiger partial charge on any atom is 0.251 e. The number of nitrogens with one attached hydrogen (secondary N) is 1. The minimum absolute atomic E-state index is 0.0999. The molecule has 0 spiro atoms. The lowest BCUT2D eigenvalue weighted by Crippen LogP contribution is -2.36. The van der Waals surface area contributed by atoms with Gasteiger partial charge in [-0.3, -0.25) is 4.79 Å². The molecule has 0 saturated carbocycles. The van der Waals surface area contributed by atoms with E-state index in [0.29, 0.717) is 17.7 Å². The zero-order valence-corrected chi connectivity index (χ0v) is 14.8. The lowest BCUT2D eigenvalue weighted by Gasteiger charge is -2.28. The van der Waals surface area contributed by atoms with Crippen molar-refractivity contribution in [3.05, 3.63) is 65.2 Å². The van der Waals surface area contributed by atoms with Crippen molar-refractivity contribution in [1.29, 1.82) is 5.26 Å². The Kier molecular flexibility index (Phi) is 6.24. The highest BCUT2D eigenvalue weighted by Crippen LogP contribution is 2.17. The number of carbonyl (C=O) groups is 1. The molecule has 2 aromatic carbocycles. The normalized spacial score (nSPS) is 13.9. The first-order valence-electron chi connectivity index (χ1n) is 8.96. The third kappa shape index (κ3) is 4.84. The lowest BCUT2D eigenvalue weighted by atomic mass is 10.1. The molecule has 0 bridgehead atoms. The van der Waals surface area contributed by atoms with Crippen molar-refractivity contribution in [2.24, 2.45) is 0 Å². The number of morpholine rings is 1. The van der Waals surface area contributed by atoms with Gasteiger partial charge in [0.1, 0.15) is 0 Å². The van der Waals surface area contributed by atoms with Crippen LogP contribution in [0.2, 0.25) is 0 Å². The maximum absolute atomic E-state index is 12.1. The van der Waals surface area contributed by atoms with E-state index in [1.54, 1.807) is 24.3 Å². The number of rotatable bonds is 6. The number of amides is 1. The highest BCUT2D eigenvalue weighted by atomic mass is 16.5. The Morgan fingerprint density at radius 1 is 1.08 bits per heavy atom. The van der Waals surface area contributed by atoms with Crippen LogP contribution in [0, 0.1) is 11.3 Å². The Hall–Kier alpha value is -2.84. The number of benzene rings is 2. The summed E-state index contributed by atoms with van der Waals surface area (Å²) in [5, 5.41) is 11.7. The summed E-state index contributed by atoms with van der Waals surface area (Å²) in [6.07, 6.45) is 1.82. The van der Waals surface area contributed by atoms with Crippen LogP contribution in [0.4, 0.5) is 5.69 Å². The van der Waals surface area contributed by atoms with Crippen LogP contribution in [0.15, 0.2) is 48.5 Å². The summed E-state index contributed by atoms with van der Waals surface area (Å²) < 4.78 is 5.38. The van der Waals surface area contributed by atoms with Crippen molar-refractivity contribution < 1.29 is 9.53 Å². The number of carbonyl (C=O) groups excluding carboxylic acids is 1. The molecule has 1 heterocycles. The molecule has 1 aliphatic heterocycles. The van der Waals surface area contributed by atoms with E-state index in [0.717, 1.165) is 39.1 Å². The van der Waals surface area contributed by atoms with E-state index < -0.39 is 0 Å². The SMILES string of the molecule is N#Cc1ccc(C(=O)NCCCc2ccc(N3CCOCC3)cc2)cc1. The van der Waals surface area contributed by atoms with Crippen LogP contribution >= 0.6 is 0 Å². The number of anilines is 1. The Balaban J connectivity index is 1.41. The number of ether oxygens (including phenoxy) is 1. The summed E-state index contributed by atoms with van der Waals surface area (Å²) in [5.74, 6) is -0.0999. The van der Waals surface area contributed by atoms with Crippen LogP contribution in [-0.2, 0) is 11.2 Å². The zero-order chi connectivity index (χ0) is 18.2. The fourth-order valence-corrected chi connectivity index (χ4v) is 2.99. The zero-order valence-electron chi connectivity index (χ0n) is 14.8. The number of nitrogens with zero attached hydrogens (tertiary/aromatic N) is 2. The quantitative estimate of drug-likeness (QED) is 0.815. The van der Waals surface area contributed by atoms with Crippen LogP contribution in [-0.4, -0.2) is 38.8 Å². The average Bonchev–Trinajstić information content (AvgIpc) is 2.72. The van der Waals surface area contributed by atoms with E-state index in [1.807, 2.05) is 6.07 Å². The Morgan fingerprint density at radius 3 is 2.42 bits per heavy atom. The van der Waals surface area contributed by atoms with Gasteiger partial charge in [-0.05, 0) is 54.8 Å². The molecule has 0 aliphatic carbocycles. The highest BCUT2D eigenvalue weighted by Gasteiger charge is 2.10. The van der Waals surface area contributed by atoms with E-state index in [1.165, 1.54) is 11.3 Å². The largest absolute Gasteiger partial charge is 0.378 e. The number of aryl methyl sites for hydroxylation is 1. The predicted octanol–water partition coefficient (Wildman–Crippen LogP) is 2.76. The van der Waals surface area contributed by atoms with E-state index in [4.69, 9.17) is 10.00 Å². The van der Waals surface area contributed by atoms with Gasteiger partial charge in [-0.1, -0.05) is 12.1 Å². The van der Waals surface area contributed by atoms with Gasteiger partial charge in [0.25, 0.3) is 5.91 Å². The monoisotopic (exact) mass is 349 g/mol. The van der Waals surface area contributed by atoms with Crippen LogP contribution < -0.4 is 10.2 Å². The van der Waals surface area contributed by atoms with Crippen LogP contribution in [0.3, 0.4) is 0 Å². The Bertz CT molecular complexity index is 757. The molecule has 0 radical (unpaired) electrons. The van der Waals surface area contributed by atoms with E-state index in [-0.39, 0.29) is 5.91 Å². The Morgan fingerprint density at radius 2 is 1.77 bits per heavy atom. The molecule has 134 valence electrons. The lowest BCUT2D eigenvalue weighted by molar-refractivity contribution is 0.0953. The van der Waals surface area contributed by atoms with Crippen LogP contribution in [0.1, 0.15) is 27.9 Å². The van der Waals surface area contributed by atoms with Gasteiger partial charge in [-0.15, -0.1) is 0 Å². The molecule has 2 aromatic rings. The van der Waals surface area contributed by atoms with Crippen molar-refractivity contribution >= 4 is 11.6 Å². The first-order valence-corrected chi connectivity index (χ1v) is 8.96. The summed E-state index contributed by atoms with van der Waals surface area (Å²) in [6.45, 7) is 4.10. The molecule has 1 amide bonds. The molecule has 1 N–H and O–H groups in total. The standard InChI is InChI=1S/C21H23N3O2/c22-16-18-3-7-19(8-4-18)21(25)23-11-1-2-17-5-9-20(10-6-17)24-12-14-26-15-13-24/h3-10H,1-2,11-15H2,(H,23,25). The summed E-state index contributed by atoms with van der Waals surface area (Å²) in [7, 11) is 0. The van der Waals surface area contributed by atoms with E-state index >= 15 is 0 Å². The summed E-state index contributed by atoms with van der Waals surface area (Å²) in [6, 6.07) is 17.4. The molecular weight excluding hydrogens is 326 g/mol. The van der Waals surface area contributed by atoms with Gasteiger partial charge in [0, 0.05) is 30.9 Å². The second kappa shape index (κ2) is 9.02. The van der Waals surface area contributed by atoms with E-state index in [2.05, 4.69) is 34.5 Å². The van der Waals surface area contributed by atoms with Crippen molar-refractivity contribution in [3.63, 3.8) is 0 Å². The second-order valence-corrected chi connectivity index (χ2v) is 6.31. The first-order chi connectivity index (χ1) is 12.8. The van der Waals surface area contributed by atoms with Gasteiger partial charge in [-0.25, -0.2) is 0 Å². The highest BCUT2D eigenvalue weighted by molar-refractivity contribution is 5.94. The topological polar surface area (TPSA) is 65.4 Å². The van der Waals surface area contributed by atoms with Gasteiger partial charge in [0.15, 0.2) is 0 Å². The summed E-state index contributed by atoms with van der Waals surface area (Å²) in [5.41, 5.74) is 3.65. The molecule has 5 nitrogen and oxygen atoms in total. The van der Waals surface area contributed by atoms with Gasteiger partial charge >= 0.3 is 0 Å². The number of nitriles is 1. The van der Waals surface area contributed by atoms with Crippen molar-refractivity contribution in [3.8, 4) is 6.07 Å². The summed E-state index contributed by atoms with van der Waals surface area (Å²) in [4.78, 5) is 14.4. The molecule has 0 aromatic heterocycles. The average molecular weight is 349 g/mol. The summed E-state index contributed by atoms with van der Waals surface area (Å²) >= 11 is 0. The predicted molar refractivity (Wildman–Crippen MR) is 101 cm³/mol. The Labute approximate surface area is 154 Å². The van der Waals surface area contributed by atoms with E-state index in [9.17, 15) is 4.79 Å². The van der Waals surface area contributed by atoms with Crippen molar-refractivity contribution in [1.82, 2.24) is 5.32 Å². The second-order valence-electron chi connectivity index (χ2n) is 6.31. The molecule has 1 fully saturated rings. The third-order valence-corrected chi connectivity index (χ3v) is 4.52. The van der Waals surface area contributed by atoms with Gasteiger partial charge in [0.05, 0.1) is 24.8 Å². The minimum atomic E-state index is -0.0999. The molecule has 26 heavy (non-hydrogen) atoms. The van der Waals surface area contributed by atoms with Gasteiger partial charge < -0.3 is 15.0 Å². The smallest absolute Gasteiger partial charge is 0.251 e. The maximum atomic E-state index is 12.1. The molecule has 5 heteroatoms. The molecule has 0 unspecified atom stereocenters. The molecule has 0 atom stereocenters. The minimum Gasteiger partial charge on any atom is -0.378 e. The molecule has 1 aliphatic rings. The fraction of sp³-hybridized carbons (Fsp3) is 0.333. The first kappa shape index (κ1) is 18.0. The molecular formula is C21H23N3O2. The van der Waals surface area contributed by atoms with Gasteiger partial charge in [-0.2, -0.15) is 5.26 Å². The molecule has 1 saturated heterocycles. The van der Waals surface area contributed by atoms with Crippen molar-refractivity contribution in [2.75, 3.05) is 37.7 Å². The number of hydrogen-bond acceptors (Lipinski definition) is 4. The number of hydrogen-bond donors (Lipinski definition) is 1. The van der Waals surface area contributed by atoms with Crippen LogP contribution in [0.25, 0.3) is 0 Å². The fourth-order valence-electron chi connectivity index (χ4n) is 2.99. The van der Waals surface area contributed by atoms with Gasteiger partial charge in [0.2, 0.25) is 0 Å². The molecule has 3 rings (SSSR count). The van der Waals surface area contributed by atoms with Crippen LogP contribution in [0.5, 0.6) is 0 Å². The van der Waals surface area contributed by atoms with Crippen molar-refractivity contribution in [2.45, 2.75) is 12.8 Å². The third-order valence-electron chi connectivity index (χ3n) is 4.52.